The Morgan fingerprint density at radius 2 is 1.96 bits per heavy atom. The normalized spacial score (nSPS) is 16.7. The van der Waals surface area contributed by atoms with Gasteiger partial charge in [-0.2, -0.15) is 0 Å². The second-order valence-electron chi connectivity index (χ2n) is 5.29. The number of aliphatic imine (C=N–C) groups is 1. The predicted octanol–water partition coefficient (Wildman–Crippen LogP) is 2.34. The van der Waals surface area contributed by atoms with E-state index in [1.165, 1.54) is 6.07 Å². The van der Waals surface area contributed by atoms with Crippen LogP contribution in [0.4, 0.5) is 5.69 Å². The van der Waals surface area contributed by atoms with Crippen molar-refractivity contribution < 1.29 is 19.4 Å². The van der Waals surface area contributed by atoms with Crippen molar-refractivity contribution in [1.29, 1.82) is 0 Å². The molecule has 1 heterocycles. The molecule has 1 amide bonds. The number of amidine groups is 1. The molecule has 6 nitrogen and oxygen atoms in total. The lowest BCUT2D eigenvalue weighted by atomic mass is 10.2. The molecule has 1 fully saturated rings. The lowest BCUT2D eigenvalue weighted by Crippen LogP contribution is -2.23. The number of amides is 1. The van der Waals surface area contributed by atoms with Crippen LogP contribution >= 0.6 is 11.8 Å². The molecule has 26 heavy (non-hydrogen) atoms. The average molecular weight is 367 g/mol. The molecule has 0 spiro atoms. The van der Waals surface area contributed by atoms with Crippen LogP contribution in [0.15, 0.2) is 58.4 Å². The first kappa shape index (κ1) is 17.8. The number of carbonyl (C=O) groups excluding carboxylic acids is 2. The summed E-state index contributed by atoms with van der Waals surface area (Å²) < 4.78 is 5.39. The highest BCUT2D eigenvalue weighted by atomic mass is 32.2. The first-order valence-electron chi connectivity index (χ1n) is 7.89. The third kappa shape index (κ3) is 4.12. The van der Waals surface area contributed by atoms with E-state index < -0.39 is 5.97 Å². The number of nitrogens with zero attached hydrogens (tertiary/aromatic N) is 1. The lowest BCUT2D eigenvalue weighted by molar-refractivity contribution is -0.254. The molecule has 7 heteroatoms. The summed E-state index contributed by atoms with van der Waals surface area (Å²) >= 11 is 1.15. The van der Waals surface area contributed by atoms with Crippen molar-refractivity contribution in [3.05, 3.63) is 64.6 Å². The van der Waals surface area contributed by atoms with E-state index in [9.17, 15) is 14.7 Å². The number of thioether (sulfide) groups is 1. The molecule has 0 atom stereocenters. The minimum Gasteiger partial charge on any atom is -0.545 e. The molecule has 1 saturated heterocycles. The van der Waals surface area contributed by atoms with E-state index in [2.05, 4.69) is 10.3 Å². The predicted molar refractivity (Wildman–Crippen MR) is 99.2 cm³/mol. The number of hydrogen-bond donors (Lipinski definition) is 1. The SMILES string of the molecule is CCOc1ccc(/C=C2\SC(=Nc3ccccc3C(=O)[O-])NC2=O)cc1. The van der Waals surface area contributed by atoms with Crippen LogP contribution in [0.5, 0.6) is 5.75 Å². The smallest absolute Gasteiger partial charge is 0.264 e. The Hall–Kier alpha value is -3.06. The largest absolute Gasteiger partial charge is 0.545 e. The fourth-order valence-electron chi connectivity index (χ4n) is 2.31. The number of nitrogens with one attached hydrogen (secondary N) is 1. The summed E-state index contributed by atoms with van der Waals surface area (Å²) in [5.74, 6) is -0.836. The van der Waals surface area contributed by atoms with Crippen LogP contribution in [0.25, 0.3) is 6.08 Å². The highest BCUT2D eigenvalue weighted by Gasteiger charge is 2.24. The number of para-hydroxylation sites is 1. The summed E-state index contributed by atoms with van der Waals surface area (Å²) in [6, 6.07) is 13.6. The highest BCUT2D eigenvalue weighted by molar-refractivity contribution is 8.18. The summed E-state index contributed by atoms with van der Waals surface area (Å²) in [4.78, 5) is 28.0. The number of carbonyl (C=O) groups is 2. The quantitative estimate of drug-likeness (QED) is 0.819. The second kappa shape index (κ2) is 7.88. The van der Waals surface area contributed by atoms with Crippen molar-refractivity contribution in [1.82, 2.24) is 5.32 Å². The van der Waals surface area contributed by atoms with E-state index in [0.717, 1.165) is 23.1 Å². The van der Waals surface area contributed by atoms with Gasteiger partial charge in [0.1, 0.15) is 5.75 Å². The van der Waals surface area contributed by atoms with Crippen molar-refractivity contribution >= 4 is 40.6 Å². The van der Waals surface area contributed by atoms with Crippen molar-refractivity contribution in [3.63, 3.8) is 0 Å². The molecule has 0 radical (unpaired) electrons. The van der Waals surface area contributed by atoms with Crippen molar-refractivity contribution in [2.24, 2.45) is 4.99 Å². The summed E-state index contributed by atoms with van der Waals surface area (Å²) in [7, 11) is 0. The van der Waals surface area contributed by atoms with Crippen LogP contribution in [0.1, 0.15) is 22.8 Å². The monoisotopic (exact) mass is 367 g/mol. The number of aromatic carboxylic acids is 1. The molecule has 132 valence electrons. The fourth-order valence-corrected chi connectivity index (χ4v) is 3.15. The molecule has 0 aromatic heterocycles. The molecule has 3 rings (SSSR count). The second-order valence-corrected chi connectivity index (χ2v) is 6.32. The van der Waals surface area contributed by atoms with Gasteiger partial charge in [0, 0.05) is 5.56 Å². The molecular formula is C19H15N2O4S-. The van der Waals surface area contributed by atoms with Gasteiger partial charge in [-0.3, -0.25) is 4.79 Å². The van der Waals surface area contributed by atoms with E-state index in [1.54, 1.807) is 24.3 Å². The highest BCUT2D eigenvalue weighted by Crippen LogP contribution is 2.29. The molecule has 1 aliphatic rings. The Kier molecular flexibility index (Phi) is 5.38. The molecule has 0 saturated carbocycles. The maximum atomic E-state index is 12.1. The van der Waals surface area contributed by atoms with Crippen LogP contribution in [0, 0.1) is 0 Å². The van der Waals surface area contributed by atoms with Gasteiger partial charge in [0.2, 0.25) is 0 Å². The van der Waals surface area contributed by atoms with Crippen molar-refractivity contribution in [2.45, 2.75) is 6.92 Å². The molecule has 2 aromatic rings. The molecular weight excluding hydrogens is 352 g/mol. The first-order chi connectivity index (χ1) is 12.6. The van der Waals surface area contributed by atoms with Gasteiger partial charge in [-0.15, -0.1) is 0 Å². The summed E-state index contributed by atoms with van der Waals surface area (Å²) in [5, 5.41) is 14.1. The van der Waals surface area contributed by atoms with Gasteiger partial charge in [-0.1, -0.05) is 30.3 Å². The van der Waals surface area contributed by atoms with Gasteiger partial charge in [-0.25, -0.2) is 4.99 Å². The average Bonchev–Trinajstić information content (AvgIpc) is 2.96. The van der Waals surface area contributed by atoms with Crippen LogP contribution < -0.4 is 15.2 Å². The Morgan fingerprint density at radius 3 is 2.65 bits per heavy atom. The topological polar surface area (TPSA) is 90.8 Å². The Balaban J connectivity index is 1.81. The number of carboxylic acid groups (broad SMARTS) is 1. The molecule has 1 aliphatic heterocycles. The van der Waals surface area contributed by atoms with E-state index >= 15 is 0 Å². The molecule has 2 aromatic carbocycles. The summed E-state index contributed by atoms with van der Waals surface area (Å²) in [6.45, 7) is 2.50. The van der Waals surface area contributed by atoms with Gasteiger partial charge in [0.15, 0.2) is 5.17 Å². The van der Waals surface area contributed by atoms with Crippen LogP contribution in [0.3, 0.4) is 0 Å². The zero-order valence-electron chi connectivity index (χ0n) is 13.9. The standard InChI is InChI=1S/C19H16N2O4S/c1-2-25-13-9-7-12(8-10-13)11-16-17(22)21-19(26-16)20-15-6-4-3-5-14(15)18(23)24/h3-11H,2H2,1H3,(H,23,24)(H,20,21,22)/p-1/b16-11-. The van der Waals surface area contributed by atoms with Crippen molar-refractivity contribution in [3.8, 4) is 5.75 Å². The Labute approximate surface area is 154 Å². The van der Waals surface area contributed by atoms with Gasteiger partial charge in [0.05, 0.1) is 23.2 Å². The van der Waals surface area contributed by atoms with Crippen LogP contribution in [0.2, 0.25) is 0 Å². The van der Waals surface area contributed by atoms with E-state index in [1.807, 2.05) is 31.2 Å². The minimum absolute atomic E-state index is 0.0289. The van der Waals surface area contributed by atoms with E-state index in [0.29, 0.717) is 16.7 Å². The number of benzene rings is 2. The maximum absolute atomic E-state index is 12.1. The zero-order valence-corrected chi connectivity index (χ0v) is 14.7. The molecule has 0 bridgehead atoms. The number of rotatable bonds is 5. The van der Waals surface area contributed by atoms with Gasteiger partial charge in [-0.05, 0) is 48.5 Å². The third-order valence-electron chi connectivity index (χ3n) is 3.49. The number of carboxylic acids is 1. The van der Waals surface area contributed by atoms with E-state index in [-0.39, 0.29) is 17.2 Å². The van der Waals surface area contributed by atoms with Gasteiger partial charge in [0.25, 0.3) is 5.91 Å². The van der Waals surface area contributed by atoms with Crippen molar-refractivity contribution in [2.75, 3.05) is 6.61 Å². The van der Waals surface area contributed by atoms with Gasteiger partial charge < -0.3 is 20.0 Å². The summed E-state index contributed by atoms with van der Waals surface area (Å²) in [5.41, 5.74) is 1.05. The Morgan fingerprint density at radius 1 is 1.23 bits per heavy atom. The maximum Gasteiger partial charge on any atom is 0.264 e. The third-order valence-corrected chi connectivity index (χ3v) is 4.40. The molecule has 1 N–H and O–H groups in total. The fraction of sp³-hybridized carbons (Fsp3) is 0.105. The number of hydrogen-bond acceptors (Lipinski definition) is 6. The zero-order chi connectivity index (χ0) is 18.5. The lowest BCUT2D eigenvalue weighted by Gasteiger charge is -2.06. The van der Waals surface area contributed by atoms with Crippen LogP contribution in [-0.4, -0.2) is 23.7 Å². The van der Waals surface area contributed by atoms with E-state index in [4.69, 9.17) is 4.74 Å². The summed E-state index contributed by atoms with van der Waals surface area (Å²) in [6.07, 6.45) is 1.74. The molecule has 0 unspecified atom stereocenters. The number of ether oxygens (including phenoxy) is 1. The van der Waals surface area contributed by atoms with Crippen LogP contribution in [-0.2, 0) is 4.79 Å². The molecule has 0 aliphatic carbocycles. The Bertz CT molecular complexity index is 904. The van der Waals surface area contributed by atoms with Gasteiger partial charge >= 0.3 is 0 Å². The first-order valence-corrected chi connectivity index (χ1v) is 8.71. The minimum atomic E-state index is -1.32.